The summed E-state index contributed by atoms with van der Waals surface area (Å²) in [5.41, 5.74) is 0.821. The third-order valence-electron chi connectivity index (χ3n) is 4.18. The molecule has 0 aliphatic carbocycles. The zero-order chi connectivity index (χ0) is 16.7. The number of para-hydroxylation sites is 1. The number of piperidine rings is 1. The van der Waals surface area contributed by atoms with Gasteiger partial charge in [0.2, 0.25) is 0 Å². The van der Waals surface area contributed by atoms with Crippen molar-refractivity contribution in [3.05, 3.63) is 29.8 Å². The normalized spacial score (nSPS) is 17.7. The number of benzene rings is 1. The number of hydrogen-bond acceptors (Lipinski definition) is 4. The van der Waals surface area contributed by atoms with E-state index in [1.54, 1.807) is 12.0 Å². The highest BCUT2D eigenvalue weighted by atomic mass is 16.5. The second-order valence-electron chi connectivity index (χ2n) is 5.65. The Morgan fingerprint density at radius 2 is 2.13 bits per heavy atom. The van der Waals surface area contributed by atoms with Crippen molar-refractivity contribution in [3.8, 4) is 5.75 Å². The van der Waals surface area contributed by atoms with E-state index in [4.69, 9.17) is 9.84 Å². The number of methoxy groups -OCH3 is 1. The van der Waals surface area contributed by atoms with E-state index in [9.17, 15) is 9.59 Å². The zero-order valence-corrected chi connectivity index (χ0v) is 13.5. The molecular weight excluding hydrogens is 296 g/mol. The molecule has 1 aliphatic heterocycles. The molecule has 1 heterocycles. The molecule has 2 N–H and O–H groups in total. The van der Waals surface area contributed by atoms with Crippen molar-refractivity contribution in [2.75, 3.05) is 20.3 Å². The van der Waals surface area contributed by atoms with Gasteiger partial charge in [0, 0.05) is 31.3 Å². The molecule has 1 unspecified atom stereocenters. The standard InChI is InChI=1S/C17H24N2O4/c1-23-15-8-3-2-6-13(15)12-18-16(21)17(22)19-10-5-4-7-14(19)9-11-20/h2-3,6,8,14,20H,4-5,7,9-12H2,1H3,(H,18,21). The van der Waals surface area contributed by atoms with Crippen LogP contribution < -0.4 is 10.1 Å². The molecule has 126 valence electrons. The highest BCUT2D eigenvalue weighted by Gasteiger charge is 2.30. The van der Waals surface area contributed by atoms with Crippen LogP contribution >= 0.6 is 0 Å². The highest BCUT2D eigenvalue weighted by molar-refractivity contribution is 6.35. The minimum Gasteiger partial charge on any atom is -0.496 e. The Kier molecular flexibility index (Phi) is 6.40. The van der Waals surface area contributed by atoms with Crippen LogP contribution in [0, 0.1) is 0 Å². The topological polar surface area (TPSA) is 78.9 Å². The fourth-order valence-electron chi connectivity index (χ4n) is 2.95. The van der Waals surface area contributed by atoms with E-state index in [0.717, 1.165) is 24.8 Å². The second-order valence-corrected chi connectivity index (χ2v) is 5.65. The third kappa shape index (κ3) is 4.45. The molecule has 1 saturated heterocycles. The summed E-state index contributed by atoms with van der Waals surface area (Å²) in [5, 5.41) is 11.8. The van der Waals surface area contributed by atoms with Gasteiger partial charge in [-0.15, -0.1) is 0 Å². The van der Waals surface area contributed by atoms with Gasteiger partial charge in [-0.1, -0.05) is 18.2 Å². The van der Waals surface area contributed by atoms with Crippen LogP contribution in [0.15, 0.2) is 24.3 Å². The lowest BCUT2D eigenvalue weighted by atomic mass is 9.99. The monoisotopic (exact) mass is 320 g/mol. The summed E-state index contributed by atoms with van der Waals surface area (Å²) in [6.07, 6.45) is 3.28. The Morgan fingerprint density at radius 3 is 2.87 bits per heavy atom. The number of amides is 2. The van der Waals surface area contributed by atoms with Crippen molar-refractivity contribution >= 4 is 11.8 Å². The van der Waals surface area contributed by atoms with Gasteiger partial charge in [-0.3, -0.25) is 9.59 Å². The molecule has 2 rings (SSSR count). The largest absolute Gasteiger partial charge is 0.496 e. The van der Waals surface area contributed by atoms with E-state index < -0.39 is 11.8 Å². The lowest BCUT2D eigenvalue weighted by Gasteiger charge is -2.35. The Morgan fingerprint density at radius 1 is 1.35 bits per heavy atom. The number of carbonyl (C=O) groups is 2. The smallest absolute Gasteiger partial charge is 0.312 e. The van der Waals surface area contributed by atoms with Gasteiger partial charge < -0.3 is 20.1 Å². The predicted molar refractivity (Wildman–Crippen MR) is 85.9 cm³/mol. The molecule has 1 aromatic rings. The van der Waals surface area contributed by atoms with E-state index in [1.165, 1.54) is 0 Å². The van der Waals surface area contributed by atoms with Crippen LogP contribution in [0.3, 0.4) is 0 Å². The van der Waals surface area contributed by atoms with Gasteiger partial charge in [0.1, 0.15) is 5.75 Å². The number of likely N-dealkylation sites (tertiary alicyclic amines) is 1. The molecule has 1 atom stereocenters. The van der Waals surface area contributed by atoms with Crippen molar-refractivity contribution in [2.24, 2.45) is 0 Å². The van der Waals surface area contributed by atoms with Crippen molar-refractivity contribution in [2.45, 2.75) is 38.3 Å². The highest BCUT2D eigenvalue weighted by Crippen LogP contribution is 2.20. The number of hydrogen-bond donors (Lipinski definition) is 2. The molecule has 1 aromatic carbocycles. The number of aliphatic hydroxyl groups excluding tert-OH is 1. The summed E-state index contributed by atoms with van der Waals surface area (Å²) in [6.45, 7) is 0.843. The van der Waals surface area contributed by atoms with Crippen LogP contribution in [0.1, 0.15) is 31.2 Å². The van der Waals surface area contributed by atoms with Crippen LogP contribution in [0.25, 0.3) is 0 Å². The SMILES string of the molecule is COc1ccccc1CNC(=O)C(=O)N1CCCCC1CCO. The van der Waals surface area contributed by atoms with Crippen molar-refractivity contribution in [1.82, 2.24) is 10.2 Å². The number of ether oxygens (including phenoxy) is 1. The van der Waals surface area contributed by atoms with Crippen molar-refractivity contribution in [3.63, 3.8) is 0 Å². The summed E-state index contributed by atoms with van der Waals surface area (Å²) in [4.78, 5) is 26.1. The molecule has 0 saturated carbocycles. The summed E-state index contributed by atoms with van der Waals surface area (Å²) >= 11 is 0. The Hall–Kier alpha value is -2.08. The predicted octanol–water partition coefficient (Wildman–Crippen LogP) is 1.07. The minimum absolute atomic E-state index is 0.0251. The number of aliphatic hydroxyl groups is 1. The first-order valence-corrected chi connectivity index (χ1v) is 7.99. The fraction of sp³-hybridized carbons (Fsp3) is 0.529. The molecule has 6 heteroatoms. The minimum atomic E-state index is -0.610. The molecule has 0 spiro atoms. The maximum absolute atomic E-state index is 12.4. The Balaban J connectivity index is 1.95. The van der Waals surface area contributed by atoms with E-state index in [-0.39, 0.29) is 19.2 Å². The number of carbonyl (C=O) groups excluding carboxylic acids is 2. The molecule has 2 amide bonds. The summed E-state index contributed by atoms with van der Waals surface area (Å²) in [7, 11) is 1.57. The van der Waals surface area contributed by atoms with Crippen LogP contribution in [0.4, 0.5) is 0 Å². The quantitative estimate of drug-likeness (QED) is 0.796. The summed E-state index contributed by atoms with van der Waals surface area (Å²) in [6, 6.07) is 7.32. The first-order chi connectivity index (χ1) is 11.2. The van der Waals surface area contributed by atoms with Crippen molar-refractivity contribution in [1.29, 1.82) is 0 Å². The van der Waals surface area contributed by atoms with Gasteiger partial charge in [-0.25, -0.2) is 0 Å². The third-order valence-corrected chi connectivity index (χ3v) is 4.18. The van der Waals surface area contributed by atoms with E-state index in [0.29, 0.717) is 18.7 Å². The molecule has 1 aliphatic rings. The molecule has 1 fully saturated rings. The fourth-order valence-corrected chi connectivity index (χ4v) is 2.95. The molecule has 6 nitrogen and oxygen atoms in total. The van der Waals surface area contributed by atoms with Gasteiger partial charge in [0.25, 0.3) is 0 Å². The van der Waals surface area contributed by atoms with E-state index in [1.807, 2.05) is 24.3 Å². The Bertz CT molecular complexity index is 545. The van der Waals surface area contributed by atoms with Crippen LogP contribution in [-0.2, 0) is 16.1 Å². The first kappa shape index (κ1) is 17.3. The summed E-state index contributed by atoms with van der Waals surface area (Å²) < 4.78 is 5.23. The maximum Gasteiger partial charge on any atom is 0.312 e. The number of nitrogens with zero attached hydrogens (tertiary/aromatic N) is 1. The first-order valence-electron chi connectivity index (χ1n) is 7.99. The van der Waals surface area contributed by atoms with E-state index in [2.05, 4.69) is 5.32 Å². The molecular formula is C17H24N2O4. The molecule has 0 radical (unpaired) electrons. The van der Waals surface area contributed by atoms with Gasteiger partial charge in [-0.05, 0) is 31.7 Å². The van der Waals surface area contributed by atoms with Crippen LogP contribution in [0.5, 0.6) is 5.75 Å². The van der Waals surface area contributed by atoms with E-state index >= 15 is 0 Å². The molecule has 0 bridgehead atoms. The average molecular weight is 320 g/mol. The van der Waals surface area contributed by atoms with Crippen molar-refractivity contribution < 1.29 is 19.4 Å². The zero-order valence-electron chi connectivity index (χ0n) is 13.5. The molecule has 23 heavy (non-hydrogen) atoms. The van der Waals surface area contributed by atoms with Gasteiger partial charge >= 0.3 is 11.8 Å². The average Bonchev–Trinajstić information content (AvgIpc) is 2.60. The Labute approximate surface area is 136 Å². The van der Waals surface area contributed by atoms with Crippen LogP contribution in [0.2, 0.25) is 0 Å². The number of nitrogens with one attached hydrogen (secondary N) is 1. The number of rotatable bonds is 5. The van der Waals surface area contributed by atoms with Gasteiger partial charge in [-0.2, -0.15) is 0 Å². The molecule has 0 aromatic heterocycles. The lowest BCUT2D eigenvalue weighted by molar-refractivity contribution is -0.148. The lowest BCUT2D eigenvalue weighted by Crippen LogP contribution is -2.50. The van der Waals surface area contributed by atoms with Gasteiger partial charge in [0.05, 0.1) is 7.11 Å². The van der Waals surface area contributed by atoms with Crippen LogP contribution in [-0.4, -0.2) is 48.1 Å². The maximum atomic E-state index is 12.4. The second kappa shape index (κ2) is 8.53. The summed E-state index contributed by atoms with van der Waals surface area (Å²) in [5.74, 6) is -0.449. The van der Waals surface area contributed by atoms with Gasteiger partial charge in [0.15, 0.2) is 0 Å².